The summed E-state index contributed by atoms with van der Waals surface area (Å²) in [6, 6.07) is 13.1. The molecule has 0 saturated carbocycles. The maximum Gasteiger partial charge on any atom is 0.251 e. The molecule has 5 heteroatoms. The molecule has 0 spiro atoms. The molecule has 24 heavy (non-hydrogen) atoms. The number of amides is 2. The van der Waals surface area contributed by atoms with Crippen molar-refractivity contribution in [1.82, 2.24) is 5.32 Å². The summed E-state index contributed by atoms with van der Waals surface area (Å²) in [5, 5.41) is 5.65. The third-order valence-corrected chi connectivity index (χ3v) is 3.94. The van der Waals surface area contributed by atoms with Crippen molar-refractivity contribution in [2.24, 2.45) is 0 Å². The Morgan fingerprint density at radius 3 is 2.75 bits per heavy atom. The number of hydrogen-bond acceptors (Lipinski definition) is 3. The van der Waals surface area contributed by atoms with Crippen LogP contribution in [0.1, 0.15) is 27.9 Å². The van der Waals surface area contributed by atoms with Gasteiger partial charge in [-0.3, -0.25) is 9.59 Å². The lowest BCUT2D eigenvalue weighted by atomic mass is 10.00. The second-order valence-corrected chi connectivity index (χ2v) is 5.84. The van der Waals surface area contributed by atoms with Crippen LogP contribution in [0.3, 0.4) is 0 Å². The summed E-state index contributed by atoms with van der Waals surface area (Å²) >= 11 is 0. The van der Waals surface area contributed by atoms with E-state index in [-0.39, 0.29) is 11.8 Å². The van der Waals surface area contributed by atoms with Gasteiger partial charge in [-0.05, 0) is 49.2 Å². The molecule has 2 N–H and O–H groups in total. The number of anilines is 1. The van der Waals surface area contributed by atoms with Crippen LogP contribution in [0.4, 0.5) is 5.69 Å². The Morgan fingerprint density at radius 1 is 1.17 bits per heavy atom. The Morgan fingerprint density at radius 2 is 1.96 bits per heavy atom. The smallest absolute Gasteiger partial charge is 0.251 e. The molecule has 1 heterocycles. The summed E-state index contributed by atoms with van der Waals surface area (Å²) in [5.74, 6) is 0.675. The minimum atomic E-state index is -0.137. The standard InChI is InChI=1S/C19H20N2O3/c1-13-2-6-16(7-3-13)24-11-10-20-19(23)15-4-8-17-14(12-15)5-9-18(22)21-17/h2-4,6-8,12H,5,9-11H2,1H3,(H,20,23)(H,21,22). The van der Waals surface area contributed by atoms with Gasteiger partial charge in [0.25, 0.3) is 5.91 Å². The topological polar surface area (TPSA) is 67.4 Å². The lowest BCUT2D eigenvalue weighted by Crippen LogP contribution is -2.28. The molecule has 0 radical (unpaired) electrons. The molecule has 1 aliphatic rings. The van der Waals surface area contributed by atoms with Crippen LogP contribution in [0, 0.1) is 6.92 Å². The van der Waals surface area contributed by atoms with E-state index in [2.05, 4.69) is 10.6 Å². The van der Waals surface area contributed by atoms with Gasteiger partial charge in [-0.1, -0.05) is 17.7 Å². The lowest BCUT2D eigenvalue weighted by Gasteiger charge is -2.17. The van der Waals surface area contributed by atoms with Crippen LogP contribution < -0.4 is 15.4 Å². The first kappa shape index (κ1) is 16.1. The Labute approximate surface area is 141 Å². The molecular formula is C19H20N2O3. The number of carbonyl (C=O) groups is 2. The highest BCUT2D eigenvalue weighted by molar-refractivity contribution is 5.97. The monoisotopic (exact) mass is 324 g/mol. The zero-order valence-electron chi connectivity index (χ0n) is 13.6. The number of rotatable bonds is 5. The molecule has 2 amide bonds. The van der Waals surface area contributed by atoms with Crippen LogP contribution in [0.2, 0.25) is 0 Å². The van der Waals surface area contributed by atoms with Crippen molar-refractivity contribution in [1.29, 1.82) is 0 Å². The minimum absolute atomic E-state index is 0.0213. The predicted molar refractivity (Wildman–Crippen MR) is 92.4 cm³/mol. The van der Waals surface area contributed by atoms with Crippen LogP contribution in [0.25, 0.3) is 0 Å². The molecule has 0 aromatic heterocycles. The van der Waals surface area contributed by atoms with Crippen molar-refractivity contribution in [2.75, 3.05) is 18.5 Å². The van der Waals surface area contributed by atoms with Gasteiger partial charge in [-0.2, -0.15) is 0 Å². The first-order valence-corrected chi connectivity index (χ1v) is 8.02. The van der Waals surface area contributed by atoms with E-state index in [9.17, 15) is 9.59 Å². The number of carbonyl (C=O) groups excluding carboxylic acids is 2. The minimum Gasteiger partial charge on any atom is -0.492 e. The summed E-state index contributed by atoms with van der Waals surface area (Å²) < 4.78 is 5.59. The highest BCUT2D eigenvalue weighted by Crippen LogP contribution is 2.23. The van der Waals surface area contributed by atoms with Crippen molar-refractivity contribution in [2.45, 2.75) is 19.8 Å². The third-order valence-electron chi connectivity index (χ3n) is 3.94. The quantitative estimate of drug-likeness (QED) is 0.831. The number of fused-ring (bicyclic) bond motifs is 1. The van der Waals surface area contributed by atoms with E-state index in [0.717, 1.165) is 17.0 Å². The second-order valence-electron chi connectivity index (χ2n) is 5.84. The van der Waals surface area contributed by atoms with E-state index in [0.29, 0.717) is 31.6 Å². The van der Waals surface area contributed by atoms with E-state index in [1.807, 2.05) is 37.3 Å². The first-order valence-electron chi connectivity index (χ1n) is 8.02. The SMILES string of the molecule is Cc1ccc(OCCNC(=O)c2ccc3c(c2)CCC(=O)N3)cc1. The molecule has 124 valence electrons. The summed E-state index contributed by atoms with van der Waals surface area (Å²) in [4.78, 5) is 23.5. The second kappa shape index (κ2) is 7.17. The fraction of sp³-hybridized carbons (Fsp3) is 0.263. The Kier molecular flexibility index (Phi) is 4.79. The fourth-order valence-corrected chi connectivity index (χ4v) is 2.59. The fourth-order valence-electron chi connectivity index (χ4n) is 2.59. The molecule has 5 nitrogen and oxygen atoms in total. The summed E-state index contributed by atoms with van der Waals surface area (Å²) in [7, 11) is 0. The van der Waals surface area contributed by atoms with Gasteiger partial charge in [0.15, 0.2) is 0 Å². The van der Waals surface area contributed by atoms with Gasteiger partial charge >= 0.3 is 0 Å². The van der Waals surface area contributed by atoms with Gasteiger partial charge in [0, 0.05) is 17.7 Å². The van der Waals surface area contributed by atoms with E-state index in [4.69, 9.17) is 4.74 Å². The highest BCUT2D eigenvalue weighted by Gasteiger charge is 2.16. The molecule has 3 rings (SSSR count). The van der Waals surface area contributed by atoms with Gasteiger partial charge < -0.3 is 15.4 Å². The van der Waals surface area contributed by atoms with Gasteiger partial charge in [0.1, 0.15) is 12.4 Å². The number of aryl methyl sites for hydroxylation is 2. The van der Waals surface area contributed by atoms with E-state index >= 15 is 0 Å². The molecule has 0 aliphatic carbocycles. The van der Waals surface area contributed by atoms with Crippen LogP contribution in [0.15, 0.2) is 42.5 Å². The molecule has 0 fully saturated rings. The third kappa shape index (κ3) is 3.93. The molecule has 1 aliphatic heterocycles. The molecule has 2 aromatic carbocycles. The number of nitrogens with one attached hydrogen (secondary N) is 2. The van der Waals surface area contributed by atoms with Crippen LogP contribution in [0.5, 0.6) is 5.75 Å². The van der Waals surface area contributed by atoms with Crippen LogP contribution >= 0.6 is 0 Å². The zero-order valence-corrected chi connectivity index (χ0v) is 13.6. The summed E-state index contributed by atoms with van der Waals surface area (Å²) in [6.07, 6.45) is 1.13. The largest absolute Gasteiger partial charge is 0.492 e. The van der Waals surface area contributed by atoms with Crippen molar-refractivity contribution in [3.8, 4) is 5.75 Å². The Balaban J connectivity index is 1.50. The van der Waals surface area contributed by atoms with Crippen LogP contribution in [-0.2, 0) is 11.2 Å². The normalized spacial score (nSPS) is 13.0. The van der Waals surface area contributed by atoms with Gasteiger partial charge in [-0.15, -0.1) is 0 Å². The molecule has 0 bridgehead atoms. The first-order chi connectivity index (χ1) is 11.6. The Hall–Kier alpha value is -2.82. The van der Waals surface area contributed by atoms with Crippen molar-refractivity contribution < 1.29 is 14.3 Å². The lowest BCUT2D eigenvalue weighted by molar-refractivity contribution is -0.116. The molecule has 0 saturated heterocycles. The van der Waals surface area contributed by atoms with E-state index < -0.39 is 0 Å². The average molecular weight is 324 g/mol. The number of benzene rings is 2. The maximum absolute atomic E-state index is 12.2. The van der Waals surface area contributed by atoms with Crippen molar-refractivity contribution >= 4 is 17.5 Å². The maximum atomic E-state index is 12.2. The molecular weight excluding hydrogens is 304 g/mol. The molecule has 0 unspecified atom stereocenters. The number of ether oxygens (including phenoxy) is 1. The number of hydrogen-bond donors (Lipinski definition) is 2. The van der Waals surface area contributed by atoms with Crippen molar-refractivity contribution in [3.63, 3.8) is 0 Å². The Bertz CT molecular complexity index is 754. The van der Waals surface area contributed by atoms with Gasteiger partial charge in [0.2, 0.25) is 5.91 Å². The van der Waals surface area contributed by atoms with Gasteiger partial charge in [-0.25, -0.2) is 0 Å². The van der Waals surface area contributed by atoms with E-state index in [1.165, 1.54) is 5.56 Å². The average Bonchev–Trinajstić information content (AvgIpc) is 2.59. The van der Waals surface area contributed by atoms with Crippen LogP contribution in [-0.4, -0.2) is 25.0 Å². The summed E-state index contributed by atoms with van der Waals surface area (Å²) in [5.41, 5.74) is 3.57. The van der Waals surface area contributed by atoms with Gasteiger partial charge in [0.05, 0.1) is 6.54 Å². The van der Waals surface area contributed by atoms with E-state index in [1.54, 1.807) is 12.1 Å². The van der Waals surface area contributed by atoms with Crippen molar-refractivity contribution in [3.05, 3.63) is 59.2 Å². The summed E-state index contributed by atoms with van der Waals surface area (Å²) in [6.45, 7) is 2.87. The zero-order chi connectivity index (χ0) is 16.9. The molecule has 2 aromatic rings. The predicted octanol–water partition coefficient (Wildman–Crippen LogP) is 2.69. The molecule has 0 atom stereocenters. The highest BCUT2D eigenvalue weighted by atomic mass is 16.5.